The lowest BCUT2D eigenvalue weighted by atomic mass is 10.1. The molecule has 0 aromatic heterocycles. The number of aliphatic hydroxyl groups excluding tert-OH is 2. The quantitative estimate of drug-likeness (QED) is 0.522. The molecule has 0 aromatic carbocycles. The van der Waals surface area contributed by atoms with Crippen LogP contribution in [0.15, 0.2) is 12.3 Å². The Bertz CT molecular complexity index is 158. The minimum absolute atomic E-state index is 0.168. The van der Waals surface area contributed by atoms with Crippen LogP contribution in [0.25, 0.3) is 0 Å². The van der Waals surface area contributed by atoms with Crippen molar-refractivity contribution in [2.75, 3.05) is 14.1 Å². The first-order valence-electron chi connectivity index (χ1n) is 3.47. The third kappa shape index (κ3) is 1.71. The standard InChI is InChI=1S/C7H13NO3/c1-8(2)5-3-4-11-7(10)6(5)9/h3-7,9-10H,1-2H3. The normalized spacial score (nSPS) is 37.4. The molecule has 1 rings (SSSR count). The van der Waals surface area contributed by atoms with E-state index in [2.05, 4.69) is 4.74 Å². The van der Waals surface area contributed by atoms with E-state index in [1.807, 2.05) is 19.0 Å². The highest BCUT2D eigenvalue weighted by Gasteiger charge is 2.29. The third-order valence-electron chi connectivity index (χ3n) is 1.73. The molecule has 64 valence electrons. The molecule has 4 heteroatoms. The van der Waals surface area contributed by atoms with Gasteiger partial charge in [-0.2, -0.15) is 0 Å². The molecule has 0 aliphatic carbocycles. The van der Waals surface area contributed by atoms with E-state index < -0.39 is 12.4 Å². The second kappa shape index (κ2) is 3.21. The Morgan fingerprint density at radius 3 is 2.45 bits per heavy atom. The van der Waals surface area contributed by atoms with Crippen LogP contribution < -0.4 is 0 Å². The van der Waals surface area contributed by atoms with Crippen molar-refractivity contribution in [1.29, 1.82) is 0 Å². The summed E-state index contributed by atoms with van der Waals surface area (Å²) in [5.41, 5.74) is 0. The molecule has 0 radical (unpaired) electrons. The Kier molecular flexibility index (Phi) is 2.49. The van der Waals surface area contributed by atoms with Crippen LogP contribution in [0.1, 0.15) is 0 Å². The van der Waals surface area contributed by atoms with E-state index in [-0.39, 0.29) is 6.04 Å². The lowest BCUT2D eigenvalue weighted by molar-refractivity contribution is -0.152. The van der Waals surface area contributed by atoms with Crippen molar-refractivity contribution >= 4 is 0 Å². The Labute approximate surface area is 65.7 Å². The van der Waals surface area contributed by atoms with Crippen molar-refractivity contribution in [3.8, 4) is 0 Å². The fraction of sp³-hybridized carbons (Fsp3) is 0.714. The topological polar surface area (TPSA) is 52.9 Å². The monoisotopic (exact) mass is 159 g/mol. The van der Waals surface area contributed by atoms with Gasteiger partial charge in [0.1, 0.15) is 6.10 Å². The van der Waals surface area contributed by atoms with Crippen LogP contribution in [0.4, 0.5) is 0 Å². The summed E-state index contributed by atoms with van der Waals surface area (Å²) in [4.78, 5) is 1.81. The largest absolute Gasteiger partial charge is 0.470 e. The van der Waals surface area contributed by atoms with Gasteiger partial charge in [0.15, 0.2) is 0 Å². The molecular weight excluding hydrogens is 146 g/mol. The zero-order chi connectivity index (χ0) is 8.43. The summed E-state index contributed by atoms with van der Waals surface area (Å²) in [6.45, 7) is 0. The summed E-state index contributed by atoms with van der Waals surface area (Å²) >= 11 is 0. The minimum Gasteiger partial charge on any atom is -0.470 e. The van der Waals surface area contributed by atoms with Crippen molar-refractivity contribution in [2.24, 2.45) is 0 Å². The van der Waals surface area contributed by atoms with Gasteiger partial charge in [-0.05, 0) is 20.2 Å². The van der Waals surface area contributed by atoms with E-state index in [0.29, 0.717) is 0 Å². The Balaban J connectivity index is 2.64. The molecule has 0 aromatic rings. The summed E-state index contributed by atoms with van der Waals surface area (Å²) in [6, 6.07) is -0.168. The van der Waals surface area contributed by atoms with E-state index in [1.165, 1.54) is 6.26 Å². The number of hydrogen-bond acceptors (Lipinski definition) is 4. The third-order valence-corrected chi connectivity index (χ3v) is 1.73. The van der Waals surface area contributed by atoms with Crippen molar-refractivity contribution in [1.82, 2.24) is 4.90 Å². The van der Waals surface area contributed by atoms with Crippen molar-refractivity contribution in [3.63, 3.8) is 0 Å². The van der Waals surface area contributed by atoms with E-state index in [1.54, 1.807) is 6.08 Å². The number of likely N-dealkylation sites (N-methyl/N-ethyl adjacent to an activating group) is 1. The van der Waals surface area contributed by atoms with E-state index in [0.717, 1.165) is 0 Å². The lowest BCUT2D eigenvalue weighted by Crippen LogP contribution is -2.47. The van der Waals surface area contributed by atoms with Gasteiger partial charge in [-0.15, -0.1) is 0 Å². The van der Waals surface area contributed by atoms with Gasteiger partial charge in [0.05, 0.1) is 12.3 Å². The van der Waals surface area contributed by atoms with Gasteiger partial charge in [0.2, 0.25) is 6.29 Å². The van der Waals surface area contributed by atoms with Crippen molar-refractivity contribution in [3.05, 3.63) is 12.3 Å². The maximum atomic E-state index is 9.34. The Hall–Kier alpha value is -0.580. The maximum Gasteiger partial charge on any atom is 0.224 e. The molecule has 0 fully saturated rings. The van der Waals surface area contributed by atoms with Crippen LogP contribution >= 0.6 is 0 Å². The molecule has 0 saturated heterocycles. The molecular formula is C7H13NO3. The predicted octanol–water partition coefficient (Wildman–Crippen LogP) is -0.860. The average molecular weight is 159 g/mol. The van der Waals surface area contributed by atoms with Crippen LogP contribution in [0.5, 0.6) is 0 Å². The number of nitrogens with zero attached hydrogens (tertiary/aromatic N) is 1. The number of aliphatic hydroxyl groups is 2. The number of rotatable bonds is 1. The molecule has 3 atom stereocenters. The van der Waals surface area contributed by atoms with E-state index >= 15 is 0 Å². The van der Waals surface area contributed by atoms with Gasteiger partial charge < -0.3 is 19.8 Å². The molecule has 0 bridgehead atoms. The number of hydrogen-bond donors (Lipinski definition) is 2. The van der Waals surface area contributed by atoms with Crippen molar-refractivity contribution in [2.45, 2.75) is 18.4 Å². The maximum absolute atomic E-state index is 9.34. The molecule has 0 spiro atoms. The second-order valence-corrected chi connectivity index (χ2v) is 2.80. The highest BCUT2D eigenvalue weighted by molar-refractivity contribution is 4.98. The van der Waals surface area contributed by atoms with Crippen LogP contribution in [0, 0.1) is 0 Å². The average Bonchev–Trinajstić information content (AvgIpc) is 1.94. The molecule has 4 nitrogen and oxygen atoms in total. The SMILES string of the molecule is CN(C)C1C=COC(O)C1O. The first-order chi connectivity index (χ1) is 5.13. The molecule has 2 N–H and O–H groups in total. The summed E-state index contributed by atoms with van der Waals surface area (Å²) in [5, 5.41) is 18.4. The molecule has 1 aliphatic rings. The van der Waals surface area contributed by atoms with E-state index in [4.69, 9.17) is 5.11 Å². The second-order valence-electron chi connectivity index (χ2n) is 2.80. The van der Waals surface area contributed by atoms with Crippen LogP contribution in [-0.4, -0.2) is 47.6 Å². The molecule has 3 unspecified atom stereocenters. The van der Waals surface area contributed by atoms with Crippen molar-refractivity contribution < 1.29 is 14.9 Å². The highest BCUT2D eigenvalue weighted by atomic mass is 16.6. The Morgan fingerprint density at radius 1 is 1.36 bits per heavy atom. The summed E-state index contributed by atoms with van der Waals surface area (Å²) in [6.07, 6.45) is 1.14. The van der Waals surface area contributed by atoms with Gasteiger partial charge >= 0.3 is 0 Å². The van der Waals surface area contributed by atoms with E-state index in [9.17, 15) is 5.11 Å². The van der Waals surface area contributed by atoms with Gasteiger partial charge in [-0.1, -0.05) is 0 Å². The lowest BCUT2D eigenvalue weighted by Gasteiger charge is -2.31. The zero-order valence-electron chi connectivity index (χ0n) is 6.64. The van der Waals surface area contributed by atoms with Crippen LogP contribution in [0.3, 0.4) is 0 Å². The summed E-state index contributed by atoms with van der Waals surface area (Å²) < 4.78 is 4.67. The van der Waals surface area contributed by atoms with Gasteiger partial charge in [0.25, 0.3) is 0 Å². The number of ether oxygens (including phenoxy) is 1. The minimum atomic E-state index is -1.10. The Morgan fingerprint density at radius 2 is 2.00 bits per heavy atom. The highest BCUT2D eigenvalue weighted by Crippen LogP contribution is 2.13. The predicted molar refractivity (Wildman–Crippen MR) is 39.7 cm³/mol. The first-order valence-corrected chi connectivity index (χ1v) is 3.47. The fourth-order valence-corrected chi connectivity index (χ4v) is 1.05. The van der Waals surface area contributed by atoms with Gasteiger partial charge in [-0.3, -0.25) is 0 Å². The summed E-state index contributed by atoms with van der Waals surface area (Å²) in [7, 11) is 3.66. The molecule has 0 saturated carbocycles. The fourth-order valence-electron chi connectivity index (χ4n) is 1.05. The zero-order valence-corrected chi connectivity index (χ0v) is 6.64. The van der Waals surface area contributed by atoms with Gasteiger partial charge in [-0.25, -0.2) is 0 Å². The van der Waals surface area contributed by atoms with Gasteiger partial charge in [0, 0.05) is 0 Å². The van der Waals surface area contributed by atoms with Crippen LogP contribution in [-0.2, 0) is 4.74 Å². The molecule has 11 heavy (non-hydrogen) atoms. The summed E-state index contributed by atoms with van der Waals surface area (Å²) in [5.74, 6) is 0. The molecule has 0 amide bonds. The first kappa shape index (κ1) is 8.52. The van der Waals surface area contributed by atoms with Crippen LogP contribution in [0.2, 0.25) is 0 Å². The molecule has 1 aliphatic heterocycles. The smallest absolute Gasteiger partial charge is 0.224 e. The molecule has 1 heterocycles.